The van der Waals surface area contributed by atoms with Crippen LogP contribution in [-0.4, -0.2) is 56.3 Å². The number of benzene rings is 1. The summed E-state index contributed by atoms with van der Waals surface area (Å²) < 4.78 is 58.8. The van der Waals surface area contributed by atoms with Gasteiger partial charge in [-0.05, 0) is 88.8 Å². The van der Waals surface area contributed by atoms with E-state index in [1.165, 1.54) is 0 Å². The third kappa shape index (κ3) is 9.54. The molecule has 1 unspecified atom stereocenters. The molecule has 218 valence electrons. The highest BCUT2D eigenvalue weighted by Gasteiger charge is 2.46. The monoisotopic (exact) mass is 550 g/mol. The van der Waals surface area contributed by atoms with Crippen LogP contribution in [0.5, 0.6) is 5.75 Å². The Morgan fingerprint density at radius 3 is 2.69 bits per heavy atom. The van der Waals surface area contributed by atoms with E-state index in [9.17, 15) is 13.6 Å². The van der Waals surface area contributed by atoms with Crippen molar-refractivity contribution in [3.05, 3.63) is 42.5 Å². The lowest BCUT2D eigenvalue weighted by Crippen LogP contribution is -2.31. The standard InChI is InChI=1S/C31H44F2O6/c1-22(2)38-29(34)12-8-9-23-14-15-25-26(16-17-31(32,33)21-37-24-10-4-3-5-11-24)28(19-27(25)36-20-23)39-30-13-6-7-18-35-30/h3-5,10-11,16-17,22-23,25-28,30H,6-9,12-15,18-21H2,1-2H3/t23-,25+,26+,27-,28+,30?/m0/s1. The maximum atomic E-state index is 14.9. The summed E-state index contributed by atoms with van der Waals surface area (Å²) in [6.07, 6.45) is 9.38. The smallest absolute Gasteiger partial charge is 0.306 e. The summed E-state index contributed by atoms with van der Waals surface area (Å²) in [6.45, 7) is 4.27. The van der Waals surface area contributed by atoms with Crippen molar-refractivity contribution in [1.82, 2.24) is 0 Å². The van der Waals surface area contributed by atoms with E-state index in [1.807, 2.05) is 19.9 Å². The third-order valence-corrected chi connectivity index (χ3v) is 7.88. The lowest BCUT2D eigenvalue weighted by atomic mass is 9.86. The van der Waals surface area contributed by atoms with Crippen LogP contribution >= 0.6 is 0 Å². The minimum absolute atomic E-state index is 0.0432. The summed E-state index contributed by atoms with van der Waals surface area (Å²) in [7, 11) is 0. The highest BCUT2D eigenvalue weighted by atomic mass is 19.3. The second-order valence-corrected chi connectivity index (χ2v) is 11.4. The van der Waals surface area contributed by atoms with Crippen molar-refractivity contribution >= 4 is 5.97 Å². The summed E-state index contributed by atoms with van der Waals surface area (Å²) in [6, 6.07) is 8.67. The van der Waals surface area contributed by atoms with Gasteiger partial charge in [0.2, 0.25) is 0 Å². The Balaban J connectivity index is 1.36. The van der Waals surface area contributed by atoms with Gasteiger partial charge < -0.3 is 23.7 Å². The fourth-order valence-electron chi connectivity index (χ4n) is 5.93. The van der Waals surface area contributed by atoms with Gasteiger partial charge >= 0.3 is 5.97 Å². The highest BCUT2D eigenvalue weighted by molar-refractivity contribution is 5.69. The Bertz CT molecular complexity index is 902. The number of carbonyl (C=O) groups excluding carboxylic acids is 1. The van der Waals surface area contributed by atoms with Crippen molar-refractivity contribution in [2.45, 2.75) is 102 Å². The normalized spacial score (nSPS) is 29.8. The molecule has 6 nitrogen and oxygen atoms in total. The molecule has 2 aliphatic heterocycles. The molecule has 6 atom stereocenters. The van der Waals surface area contributed by atoms with Gasteiger partial charge in [-0.2, -0.15) is 8.78 Å². The van der Waals surface area contributed by atoms with Gasteiger partial charge in [0.1, 0.15) is 5.75 Å². The van der Waals surface area contributed by atoms with Gasteiger partial charge in [0.05, 0.1) is 18.3 Å². The number of hydrogen-bond acceptors (Lipinski definition) is 6. The number of hydrogen-bond donors (Lipinski definition) is 0. The summed E-state index contributed by atoms with van der Waals surface area (Å²) in [5, 5.41) is 0. The molecule has 0 bridgehead atoms. The molecule has 0 spiro atoms. The summed E-state index contributed by atoms with van der Waals surface area (Å²) >= 11 is 0. The zero-order valence-corrected chi connectivity index (χ0v) is 23.3. The van der Waals surface area contributed by atoms with Crippen LogP contribution in [0.2, 0.25) is 0 Å². The van der Waals surface area contributed by atoms with Gasteiger partial charge in [-0.15, -0.1) is 0 Å². The lowest BCUT2D eigenvalue weighted by Gasteiger charge is -2.29. The molecule has 1 saturated carbocycles. The molecule has 2 heterocycles. The molecule has 0 radical (unpaired) electrons. The molecule has 1 aliphatic carbocycles. The Kier molecular flexibility index (Phi) is 11.2. The molecule has 0 aromatic heterocycles. The maximum Gasteiger partial charge on any atom is 0.306 e. The Morgan fingerprint density at radius 1 is 1.13 bits per heavy atom. The molecule has 39 heavy (non-hydrogen) atoms. The predicted molar refractivity (Wildman–Crippen MR) is 144 cm³/mol. The summed E-state index contributed by atoms with van der Waals surface area (Å²) in [5.74, 6) is -2.61. The van der Waals surface area contributed by atoms with Crippen molar-refractivity contribution in [1.29, 1.82) is 0 Å². The third-order valence-electron chi connectivity index (χ3n) is 7.88. The first-order valence-electron chi connectivity index (χ1n) is 14.6. The minimum atomic E-state index is -3.11. The number of alkyl halides is 2. The molecule has 0 amide bonds. The predicted octanol–water partition coefficient (Wildman–Crippen LogP) is 6.72. The highest BCUT2D eigenvalue weighted by Crippen LogP contribution is 2.44. The van der Waals surface area contributed by atoms with Gasteiger partial charge in [0.25, 0.3) is 5.92 Å². The summed E-state index contributed by atoms with van der Waals surface area (Å²) in [4.78, 5) is 11.9. The van der Waals surface area contributed by atoms with E-state index in [-0.39, 0.29) is 42.4 Å². The van der Waals surface area contributed by atoms with Crippen molar-refractivity contribution in [2.75, 3.05) is 19.8 Å². The largest absolute Gasteiger partial charge is 0.487 e. The number of esters is 1. The van der Waals surface area contributed by atoms with Gasteiger partial charge in [0.15, 0.2) is 12.9 Å². The molecule has 3 fully saturated rings. The van der Waals surface area contributed by atoms with E-state index in [1.54, 1.807) is 30.3 Å². The van der Waals surface area contributed by atoms with Crippen molar-refractivity contribution in [3.8, 4) is 5.75 Å². The zero-order valence-electron chi connectivity index (χ0n) is 23.3. The number of rotatable bonds is 12. The maximum absolute atomic E-state index is 14.9. The molecule has 3 aliphatic rings. The average molecular weight is 551 g/mol. The number of halogens is 2. The lowest BCUT2D eigenvalue weighted by molar-refractivity contribution is -0.193. The average Bonchev–Trinajstić information content (AvgIpc) is 3.11. The molecule has 1 aromatic rings. The molecular weight excluding hydrogens is 506 g/mol. The van der Waals surface area contributed by atoms with Crippen molar-refractivity contribution in [3.63, 3.8) is 0 Å². The van der Waals surface area contributed by atoms with E-state index < -0.39 is 12.5 Å². The minimum Gasteiger partial charge on any atom is -0.487 e. The van der Waals surface area contributed by atoms with Crippen LogP contribution in [0.4, 0.5) is 8.78 Å². The number of fused-ring (bicyclic) bond motifs is 1. The van der Waals surface area contributed by atoms with Gasteiger partial charge in [-0.1, -0.05) is 24.3 Å². The second-order valence-electron chi connectivity index (χ2n) is 11.4. The van der Waals surface area contributed by atoms with E-state index >= 15 is 0 Å². The van der Waals surface area contributed by atoms with Crippen LogP contribution in [-0.2, 0) is 23.7 Å². The van der Waals surface area contributed by atoms with Crippen molar-refractivity contribution in [2.24, 2.45) is 17.8 Å². The van der Waals surface area contributed by atoms with Crippen LogP contribution in [0.25, 0.3) is 0 Å². The van der Waals surface area contributed by atoms with Gasteiger partial charge in [-0.3, -0.25) is 4.79 Å². The zero-order chi connectivity index (χ0) is 27.7. The molecule has 2 saturated heterocycles. The van der Waals surface area contributed by atoms with Crippen molar-refractivity contribution < 1.29 is 37.3 Å². The number of para-hydroxylation sites is 1. The van der Waals surface area contributed by atoms with E-state index in [4.69, 9.17) is 23.7 Å². The van der Waals surface area contributed by atoms with E-state index in [2.05, 4.69) is 0 Å². The Labute approximate surface area is 231 Å². The first-order valence-corrected chi connectivity index (χ1v) is 14.6. The van der Waals surface area contributed by atoms with Crippen LogP contribution < -0.4 is 4.74 Å². The van der Waals surface area contributed by atoms with E-state index in [0.29, 0.717) is 37.7 Å². The second kappa shape index (κ2) is 14.6. The van der Waals surface area contributed by atoms with Gasteiger partial charge in [-0.25, -0.2) is 0 Å². The topological polar surface area (TPSA) is 63.2 Å². The molecular formula is C31H44F2O6. The number of ether oxygens (including phenoxy) is 5. The van der Waals surface area contributed by atoms with Crippen LogP contribution in [0, 0.1) is 17.8 Å². The fourth-order valence-corrected chi connectivity index (χ4v) is 5.93. The Hall–Kier alpha value is -2.03. The first kappa shape index (κ1) is 29.9. The van der Waals surface area contributed by atoms with Crippen LogP contribution in [0.15, 0.2) is 42.5 Å². The van der Waals surface area contributed by atoms with Gasteiger partial charge in [0, 0.05) is 32.0 Å². The molecule has 1 aromatic carbocycles. The summed E-state index contributed by atoms with van der Waals surface area (Å²) in [5.41, 5.74) is 0. The van der Waals surface area contributed by atoms with E-state index in [0.717, 1.165) is 51.0 Å². The Morgan fingerprint density at radius 2 is 1.95 bits per heavy atom. The molecule has 4 rings (SSSR count). The number of carbonyl (C=O) groups is 1. The SMILES string of the molecule is CC(C)OC(=O)CCC[C@H]1CC[C@@H]2[C@@H](C=CC(F)(F)COc3ccccc3)[C@H](OC3CCCCO3)C[C@@H]2OC1. The fraction of sp³-hybridized carbons (Fsp3) is 0.710. The quantitative estimate of drug-likeness (QED) is 0.213. The molecule has 8 heteroatoms. The van der Waals surface area contributed by atoms with Crippen LogP contribution in [0.1, 0.15) is 71.6 Å². The first-order chi connectivity index (χ1) is 18.8. The van der Waals surface area contributed by atoms with Crippen LogP contribution in [0.3, 0.4) is 0 Å². The molecule has 0 N–H and O–H groups in total.